The smallest absolute Gasteiger partial charge is 0.251 e. The maximum absolute atomic E-state index is 14.9. The van der Waals surface area contributed by atoms with E-state index in [4.69, 9.17) is 0 Å². The van der Waals surface area contributed by atoms with Gasteiger partial charge in [0, 0.05) is 30.6 Å². The molecule has 2 bridgehead atoms. The van der Waals surface area contributed by atoms with Crippen LogP contribution in [0.3, 0.4) is 0 Å². The van der Waals surface area contributed by atoms with E-state index < -0.39 is 28.7 Å². The average Bonchev–Trinajstić information content (AvgIpc) is 3.63. The molecule has 6 atom stereocenters. The third-order valence-corrected chi connectivity index (χ3v) is 11.3. The Morgan fingerprint density at radius 1 is 1.12 bits per heavy atom. The number of hydrogen-bond donors (Lipinski definition) is 1. The van der Waals surface area contributed by atoms with E-state index in [0.29, 0.717) is 19.5 Å². The number of anilines is 1. The number of amides is 3. The summed E-state index contributed by atoms with van der Waals surface area (Å²) < 4.78 is -0.732. The van der Waals surface area contributed by atoms with Crippen molar-refractivity contribution in [2.75, 3.05) is 31.1 Å². The van der Waals surface area contributed by atoms with Gasteiger partial charge in [0.2, 0.25) is 11.8 Å². The molecule has 3 aliphatic heterocycles. The number of aliphatic hydroxyl groups excluding tert-OH is 1. The number of hydrogen-bond acceptors (Lipinski definition) is 5. The maximum atomic E-state index is 14.9. The summed E-state index contributed by atoms with van der Waals surface area (Å²) >= 11 is 1.67. The Morgan fingerprint density at radius 2 is 1.83 bits per heavy atom. The van der Waals surface area contributed by atoms with Gasteiger partial charge in [0.05, 0.1) is 29.2 Å². The van der Waals surface area contributed by atoms with Crippen molar-refractivity contribution in [3.8, 4) is 0 Å². The molecule has 3 amide bonds. The van der Waals surface area contributed by atoms with Gasteiger partial charge in [-0.05, 0) is 48.1 Å². The van der Waals surface area contributed by atoms with Crippen LogP contribution >= 0.6 is 11.8 Å². The molecule has 1 spiro atoms. The van der Waals surface area contributed by atoms with Gasteiger partial charge < -0.3 is 19.8 Å². The fraction of sp³-hybridized carbons (Fsp3) is 0.500. The molecular weight excluding hydrogens is 546 g/mol. The Balaban J connectivity index is 1.61. The quantitative estimate of drug-likeness (QED) is 0.357. The molecule has 2 unspecified atom stereocenters. The van der Waals surface area contributed by atoms with Gasteiger partial charge in [-0.2, -0.15) is 0 Å². The van der Waals surface area contributed by atoms with Gasteiger partial charge >= 0.3 is 0 Å². The molecule has 2 aromatic rings. The summed E-state index contributed by atoms with van der Waals surface area (Å²) in [6, 6.07) is 12.6. The summed E-state index contributed by atoms with van der Waals surface area (Å²) in [6.45, 7) is 14.8. The van der Waals surface area contributed by atoms with Crippen molar-refractivity contribution in [1.29, 1.82) is 0 Å². The predicted molar refractivity (Wildman–Crippen MR) is 170 cm³/mol. The average molecular weight is 590 g/mol. The van der Waals surface area contributed by atoms with E-state index in [9.17, 15) is 19.5 Å². The molecule has 2 aromatic carbocycles. The third kappa shape index (κ3) is 4.86. The van der Waals surface area contributed by atoms with E-state index >= 15 is 0 Å². The lowest BCUT2D eigenvalue weighted by atomic mass is 9.70. The number of fused-ring (bicyclic) bond motifs is 2. The molecular formula is C34H43N3O4S. The standard InChI is InChI=1S/C34H43N3O4S/c1-6-17-35(18-7-2)31(39)28-27-15-16-34(42-27)29(28)32(40)37(26(21-38)22(4)5)30(34)33(41)36(19-8-3)25-14-13-23-11-9-10-12-24(23)20-25/h6,8-14,20,22,26-30,38H,1,3,7,15-19,21H2,2,4-5H3/t26-,27-,28+,29-,30?,34?/m0/s1. The van der Waals surface area contributed by atoms with Crippen molar-refractivity contribution in [3.05, 3.63) is 67.8 Å². The molecule has 5 rings (SSSR count). The van der Waals surface area contributed by atoms with Crippen molar-refractivity contribution in [1.82, 2.24) is 9.80 Å². The van der Waals surface area contributed by atoms with Gasteiger partial charge in [0.1, 0.15) is 6.04 Å². The third-order valence-electron chi connectivity index (χ3n) is 9.35. The lowest BCUT2D eigenvalue weighted by molar-refractivity contribution is -0.146. The molecule has 1 N–H and O–H groups in total. The van der Waals surface area contributed by atoms with Gasteiger partial charge in [0.15, 0.2) is 0 Å². The van der Waals surface area contributed by atoms with Crippen LogP contribution in [-0.2, 0) is 14.4 Å². The molecule has 3 fully saturated rings. The highest BCUT2D eigenvalue weighted by molar-refractivity contribution is 8.02. The first-order valence-electron chi connectivity index (χ1n) is 15.2. The Labute approximate surface area is 253 Å². The van der Waals surface area contributed by atoms with E-state index in [1.807, 2.05) is 68.1 Å². The zero-order chi connectivity index (χ0) is 30.2. The highest BCUT2D eigenvalue weighted by Crippen LogP contribution is 2.67. The van der Waals surface area contributed by atoms with E-state index in [2.05, 4.69) is 13.2 Å². The lowest BCUT2D eigenvalue weighted by Gasteiger charge is -2.40. The SMILES string of the molecule is C=CCN(CCC)C(=O)[C@@H]1[C@@H]2CCC3(S2)C(C(=O)N(CC=C)c2ccc4ccccc4c2)N([C@@H](CO)C(C)C)C(=O)[C@H]13. The minimum atomic E-state index is -0.798. The van der Waals surface area contributed by atoms with Crippen molar-refractivity contribution in [2.24, 2.45) is 17.8 Å². The van der Waals surface area contributed by atoms with Crippen LogP contribution in [0.1, 0.15) is 40.0 Å². The van der Waals surface area contributed by atoms with Crippen molar-refractivity contribution in [3.63, 3.8) is 0 Å². The summed E-state index contributed by atoms with van der Waals surface area (Å²) in [7, 11) is 0. The Kier molecular flexibility index (Phi) is 8.86. The van der Waals surface area contributed by atoms with Crippen LogP contribution in [0.15, 0.2) is 67.8 Å². The first kappa shape index (κ1) is 30.4. The molecule has 0 aromatic heterocycles. The van der Waals surface area contributed by atoms with Crippen LogP contribution in [0.2, 0.25) is 0 Å². The Hall–Kier alpha value is -3.10. The summed E-state index contributed by atoms with van der Waals surface area (Å²) in [5.74, 6) is -1.57. The van der Waals surface area contributed by atoms with Gasteiger partial charge in [-0.3, -0.25) is 14.4 Å². The summed E-state index contributed by atoms with van der Waals surface area (Å²) in [5.41, 5.74) is 0.737. The van der Waals surface area contributed by atoms with Gasteiger partial charge in [-0.1, -0.05) is 63.3 Å². The number of aliphatic hydroxyl groups is 1. The number of benzene rings is 2. The van der Waals surface area contributed by atoms with E-state index in [1.165, 1.54) is 0 Å². The first-order chi connectivity index (χ1) is 20.2. The van der Waals surface area contributed by atoms with Crippen LogP contribution in [0.4, 0.5) is 5.69 Å². The summed E-state index contributed by atoms with van der Waals surface area (Å²) in [6.07, 6.45) is 5.71. The number of carbonyl (C=O) groups excluding carboxylic acids is 3. The minimum absolute atomic E-state index is 0.0202. The van der Waals surface area contributed by atoms with Crippen LogP contribution in [-0.4, -0.2) is 80.9 Å². The second-order valence-corrected chi connectivity index (χ2v) is 13.7. The molecule has 0 radical (unpaired) electrons. The number of thioether (sulfide) groups is 1. The van der Waals surface area contributed by atoms with Crippen LogP contribution in [0, 0.1) is 17.8 Å². The van der Waals surface area contributed by atoms with Crippen LogP contribution in [0.25, 0.3) is 10.8 Å². The predicted octanol–water partition coefficient (Wildman–Crippen LogP) is 4.89. The zero-order valence-electron chi connectivity index (χ0n) is 24.9. The normalized spacial score (nSPS) is 26.9. The van der Waals surface area contributed by atoms with Gasteiger partial charge in [0.25, 0.3) is 5.91 Å². The highest BCUT2D eigenvalue weighted by Gasteiger charge is 2.74. The van der Waals surface area contributed by atoms with Crippen molar-refractivity contribution >= 4 is 45.9 Å². The molecule has 0 aliphatic carbocycles. The zero-order valence-corrected chi connectivity index (χ0v) is 25.8. The molecule has 0 saturated carbocycles. The molecule has 3 aliphatic rings. The first-order valence-corrected chi connectivity index (χ1v) is 16.0. The lowest BCUT2D eigenvalue weighted by Crippen LogP contribution is -2.58. The molecule has 3 heterocycles. The van der Waals surface area contributed by atoms with Crippen molar-refractivity contribution in [2.45, 2.75) is 62.1 Å². The van der Waals surface area contributed by atoms with E-state index in [-0.39, 0.29) is 42.0 Å². The maximum Gasteiger partial charge on any atom is 0.251 e. The second kappa shape index (κ2) is 12.3. The number of carbonyl (C=O) groups is 3. The number of likely N-dealkylation sites (tertiary alicyclic amines) is 1. The number of nitrogens with zero attached hydrogens (tertiary/aromatic N) is 3. The van der Waals surface area contributed by atoms with Crippen LogP contribution < -0.4 is 4.90 Å². The van der Waals surface area contributed by atoms with Crippen LogP contribution in [0.5, 0.6) is 0 Å². The highest BCUT2D eigenvalue weighted by atomic mass is 32.2. The molecule has 7 nitrogen and oxygen atoms in total. The molecule has 224 valence electrons. The summed E-state index contributed by atoms with van der Waals surface area (Å²) in [5, 5.41) is 12.6. The molecule has 8 heteroatoms. The molecule has 42 heavy (non-hydrogen) atoms. The topological polar surface area (TPSA) is 81.2 Å². The van der Waals surface area contributed by atoms with Gasteiger partial charge in [-0.15, -0.1) is 24.9 Å². The fourth-order valence-corrected chi connectivity index (χ4v) is 9.69. The van der Waals surface area contributed by atoms with Gasteiger partial charge in [-0.25, -0.2) is 0 Å². The Bertz CT molecular complexity index is 1380. The largest absolute Gasteiger partial charge is 0.394 e. The van der Waals surface area contributed by atoms with Crippen molar-refractivity contribution < 1.29 is 19.5 Å². The Morgan fingerprint density at radius 3 is 2.48 bits per heavy atom. The van der Waals surface area contributed by atoms with E-state index in [1.54, 1.807) is 33.7 Å². The summed E-state index contributed by atoms with van der Waals surface area (Å²) in [4.78, 5) is 48.7. The molecule has 3 saturated heterocycles. The number of rotatable bonds is 12. The minimum Gasteiger partial charge on any atom is -0.394 e. The fourth-order valence-electron chi connectivity index (χ4n) is 7.50. The monoisotopic (exact) mass is 589 g/mol. The second-order valence-electron chi connectivity index (χ2n) is 12.1. The van der Waals surface area contributed by atoms with E-state index in [0.717, 1.165) is 29.3 Å².